The minimum atomic E-state index is -1.22. The second kappa shape index (κ2) is 7.52. The van der Waals surface area contributed by atoms with Crippen LogP contribution < -0.4 is 5.32 Å². The van der Waals surface area contributed by atoms with E-state index in [0.29, 0.717) is 6.04 Å². The van der Waals surface area contributed by atoms with Gasteiger partial charge in [-0.05, 0) is 66.1 Å². The van der Waals surface area contributed by atoms with Gasteiger partial charge in [-0.2, -0.15) is 10.0 Å². The van der Waals surface area contributed by atoms with Gasteiger partial charge in [-0.3, -0.25) is 0 Å². The van der Waals surface area contributed by atoms with Gasteiger partial charge in [0.05, 0.1) is 6.10 Å². The van der Waals surface area contributed by atoms with Gasteiger partial charge in [0, 0.05) is 11.8 Å². The molecule has 1 fully saturated rings. The van der Waals surface area contributed by atoms with Gasteiger partial charge in [0.15, 0.2) is 0 Å². The zero-order chi connectivity index (χ0) is 16.1. The van der Waals surface area contributed by atoms with Crippen LogP contribution >= 0.6 is 10.0 Å². The Balaban J connectivity index is 1.83. The Labute approximate surface area is 141 Å². The first kappa shape index (κ1) is 16.6. The van der Waals surface area contributed by atoms with Crippen LogP contribution in [0.3, 0.4) is 0 Å². The van der Waals surface area contributed by atoms with Gasteiger partial charge >= 0.3 is 0 Å². The molecule has 1 saturated heterocycles. The zero-order valence-corrected chi connectivity index (χ0v) is 14.6. The Kier molecular flexibility index (Phi) is 5.42. The molecule has 0 spiro atoms. The highest BCUT2D eigenvalue weighted by atomic mass is 32.3. The van der Waals surface area contributed by atoms with E-state index in [1.54, 1.807) is 0 Å². The van der Waals surface area contributed by atoms with Gasteiger partial charge in [0.25, 0.3) is 0 Å². The van der Waals surface area contributed by atoms with Gasteiger partial charge in [0.1, 0.15) is 0 Å². The third kappa shape index (κ3) is 3.97. The number of aliphatic hydroxyl groups is 1. The molecule has 1 heterocycles. The van der Waals surface area contributed by atoms with Gasteiger partial charge in [-0.1, -0.05) is 36.4 Å². The average Bonchev–Trinajstić information content (AvgIpc) is 3.09. The third-order valence-electron chi connectivity index (χ3n) is 4.77. The molecule has 0 unspecified atom stereocenters. The molecule has 0 bridgehead atoms. The van der Waals surface area contributed by atoms with Crippen molar-refractivity contribution in [1.82, 2.24) is 5.32 Å². The van der Waals surface area contributed by atoms with E-state index in [-0.39, 0.29) is 6.10 Å². The molecule has 3 heteroatoms. The van der Waals surface area contributed by atoms with Crippen LogP contribution in [0.4, 0.5) is 0 Å². The quantitative estimate of drug-likeness (QED) is 0.838. The molecule has 2 aromatic rings. The summed E-state index contributed by atoms with van der Waals surface area (Å²) in [6.07, 6.45) is 5.37. The zero-order valence-electron chi connectivity index (χ0n) is 13.8. The minimum absolute atomic E-state index is 0.258. The summed E-state index contributed by atoms with van der Waals surface area (Å²) in [7, 11) is -1.22. The first-order chi connectivity index (χ1) is 11.2. The molecule has 0 saturated carbocycles. The van der Waals surface area contributed by atoms with Crippen molar-refractivity contribution in [3.05, 3.63) is 60.7 Å². The summed E-state index contributed by atoms with van der Waals surface area (Å²) in [5.41, 5.74) is 0. The normalized spacial score (nSPS) is 20.3. The average molecular weight is 330 g/mol. The first-order valence-electron chi connectivity index (χ1n) is 8.46. The number of hydrogen-bond acceptors (Lipinski definition) is 2. The molecular weight excluding hydrogens is 302 g/mol. The molecule has 0 radical (unpaired) electrons. The van der Waals surface area contributed by atoms with Crippen LogP contribution in [-0.2, 0) is 0 Å². The van der Waals surface area contributed by atoms with Gasteiger partial charge in [-0.15, -0.1) is 0 Å². The fourth-order valence-electron chi connectivity index (χ4n) is 3.51. The lowest BCUT2D eigenvalue weighted by Crippen LogP contribution is -2.30. The number of rotatable bonds is 6. The van der Waals surface area contributed by atoms with Crippen LogP contribution in [0, 0.1) is 0 Å². The largest absolute Gasteiger partial charge is 0.392 e. The van der Waals surface area contributed by atoms with E-state index in [0.717, 1.165) is 18.7 Å². The van der Waals surface area contributed by atoms with E-state index in [9.17, 15) is 5.11 Å². The molecule has 1 aliphatic heterocycles. The van der Waals surface area contributed by atoms with Crippen LogP contribution in [-0.4, -0.2) is 35.8 Å². The number of hydrogen-bond donors (Lipinski definition) is 2. The molecule has 2 atom stereocenters. The maximum Gasteiger partial charge on any atom is 0.0637 e. The monoisotopic (exact) mass is 329 g/mol. The lowest BCUT2D eigenvalue weighted by molar-refractivity contribution is 0.175. The highest BCUT2D eigenvalue weighted by Crippen LogP contribution is 2.59. The van der Waals surface area contributed by atoms with E-state index in [1.165, 1.54) is 22.6 Å². The predicted molar refractivity (Wildman–Crippen MR) is 99.4 cm³/mol. The second-order valence-corrected chi connectivity index (χ2v) is 10.0. The molecule has 0 aliphatic carbocycles. The topological polar surface area (TPSA) is 32.3 Å². The van der Waals surface area contributed by atoms with E-state index in [4.69, 9.17) is 0 Å². The van der Waals surface area contributed by atoms with E-state index >= 15 is 0 Å². The fourth-order valence-corrected chi connectivity index (χ4v) is 6.59. The molecule has 2 aromatic carbocycles. The van der Waals surface area contributed by atoms with Crippen LogP contribution in [0.1, 0.15) is 19.3 Å². The lowest BCUT2D eigenvalue weighted by Gasteiger charge is -2.39. The predicted octanol–water partition coefficient (Wildman–Crippen LogP) is 4.04. The number of aliphatic hydroxyl groups excluding tert-OH is 1. The first-order valence-corrected chi connectivity index (χ1v) is 10.7. The molecule has 3 rings (SSSR count). The summed E-state index contributed by atoms with van der Waals surface area (Å²) in [4.78, 5) is 2.70. The molecule has 1 aliphatic rings. The summed E-state index contributed by atoms with van der Waals surface area (Å²) in [5, 5.41) is 14.3. The molecule has 2 nitrogen and oxygen atoms in total. The number of benzene rings is 2. The van der Waals surface area contributed by atoms with Gasteiger partial charge in [-0.25, -0.2) is 0 Å². The van der Waals surface area contributed by atoms with Crippen molar-refractivity contribution in [1.29, 1.82) is 0 Å². The van der Waals surface area contributed by atoms with Gasteiger partial charge in [0.2, 0.25) is 0 Å². The number of nitrogens with one attached hydrogen (secondary N) is 1. The Morgan fingerprint density at radius 1 is 1.04 bits per heavy atom. The maximum atomic E-state index is 10.7. The molecule has 2 N–H and O–H groups in total. The Morgan fingerprint density at radius 3 is 2.09 bits per heavy atom. The summed E-state index contributed by atoms with van der Waals surface area (Å²) in [5.74, 6) is 0.833. The molecule has 0 aromatic heterocycles. The van der Waals surface area contributed by atoms with Crippen molar-refractivity contribution < 1.29 is 5.11 Å². The Morgan fingerprint density at radius 2 is 1.61 bits per heavy atom. The summed E-state index contributed by atoms with van der Waals surface area (Å²) < 4.78 is 0. The highest BCUT2D eigenvalue weighted by Gasteiger charge is 2.28. The summed E-state index contributed by atoms with van der Waals surface area (Å²) >= 11 is 0. The van der Waals surface area contributed by atoms with E-state index in [2.05, 4.69) is 72.2 Å². The SMILES string of the molecule is CS(C[C@H](O)C[C@@H]1CCCN1)(c1ccccc1)c1ccccc1. The lowest BCUT2D eigenvalue weighted by atomic mass is 10.1. The van der Waals surface area contributed by atoms with Crippen molar-refractivity contribution in [2.24, 2.45) is 0 Å². The van der Waals surface area contributed by atoms with Crippen molar-refractivity contribution in [3.8, 4) is 0 Å². The van der Waals surface area contributed by atoms with Gasteiger partial charge < -0.3 is 10.4 Å². The van der Waals surface area contributed by atoms with E-state index < -0.39 is 10.0 Å². The third-order valence-corrected chi connectivity index (χ3v) is 8.45. The standard InChI is InChI=1S/C20H27NOS/c1-23(19-10-4-2-5-11-19,20-12-6-3-7-13-20)16-18(22)15-17-9-8-14-21-17/h2-7,10-13,17-18,21-22H,8-9,14-16H2,1H3/t17-,18+/m0/s1. The molecule has 23 heavy (non-hydrogen) atoms. The highest BCUT2D eigenvalue weighted by molar-refractivity contribution is 8.33. The molecular formula is C20H27NOS. The Bertz CT molecular complexity index is 556. The molecule has 124 valence electrons. The summed E-state index contributed by atoms with van der Waals surface area (Å²) in [6, 6.07) is 21.9. The van der Waals surface area contributed by atoms with Crippen molar-refractivity contribution in [2.45, 2.75) is 41.2 Å². The maximum absolute atomic E-state index is 10.7. The smallest absolute Gasteiger partial charge is 0.0637 e. The van der Waals surface area contributed by atoms with Crippen LogP contribution in [0.5, 0.6) is 0 Å². The fraction of sp³-hybridized carbons (Fsp3) is 0.400. The van der Waals surface area contributed by atoms with Crippen molar-refractivity contribution in [2.75, 3.05) is 18.6 Å². The van der Waals surface area contributed by atoms with Crippen LogP contribution in [0.15, 0.2) is 70.5 Å². The van der Waals surface area contributed by atoms with Crippen LogP contribution in [0.25, 0.3) is 0 Å². The van der Waals surface area contributed by atoms with Crippen molar-refractivity contribution in [3.63, 3.8) is 0 Å². The minimum Gasteiger partial charge on any atom is -0.392 e. The second-order valence-electron chi connectivity index (χ2n) is 6.56. The molecule has 0 amide bonds. The summed E-state index contributed by atoms with van der Waals surface area (Å²) in [6.45, 7) is 1.10. The van der Waals surface area contributed by atoms with E-state index in [1.807, 2.05) is 0 Å². The van der Waals surface area contributed by atoms with Crippen molar-refractivity contribution >= 4 is 10.0 Å². The Hall–Kier alpha value is -1.29. The van der Waals surface area contributed by atoms with Crippen LogP contribution in [0.2, 0.25) is 0 Å².